The van der Waals surface area contributed by atoms with E-state index in [9.17, 15) is 0 Å². The van der Waals surface area contributed by atoms with Crippen molar-refractivity contribution in [1.82, 2.24) is 0 Å². The average molecular weight is 236 g/mol. The number of hydrogen-bond acceptors (Lipinski definition) is 0. The van der Waals surface area contributed by atoms with Gasteiger partial charge < -0.3 is 0 Å². The lowest BCUT2D eigenvalue weighted by atomic mass is 9.91. The third kappa shape index (κ3) is 10.4. The molecule has 0 rings (SSSR count). The van der Waals surface area contributed by atoms with Gasteiger partial charge in [0.05, 0.1) is 0 Å². The Kier molecular flexibility index (Phi) is 10.4. The van der Waals surface area contributed by atoms with Gasteiger partial charge in [-0.3, -0.25) is 0 Å². The molecule has 0 amide bonds. The Labute approximate surface area is 110 Å². The van der Waals surface area contributed by atoms with Crippen molar-refractivity contribution in [2.75, 3.05) is 0 Å². The summed E-state index contributed by atoms with van der Waals surface area (Å²) in [5, 5.41) is 0. The van der Waals surface area contributed by atoms with Crippen LogP contribution in [0.2, 0.25) is 0 Å². The van der Waals surface area contributed by atoms with E-state index in [1.165, 1.54) is 38.5 Å². The molecule has 0 aliphatic rings. The van der Waals surface area contributed by atoms with E-state index in [4.69, 9.17) is 0 Å². The molecule has 0 bridgehead atoms. The maximum absolute atomic E-state index is 3.38. The summed E-state index contributed by atoms with van der Waals surface area (Å²) in [6, 6.07) is 0. The molecule has 3 unspecified atom stereocenters. The molecule has 0 aromatic carbocycles. The Morgan fingerprint density at radius 1 is 0.882 bits per heavy atom. The molecule has 0 fully saturated rings. The maximum atomic E-state index is 3.38. The zero-order valence-electron chi connectivity index (χ0n) is 12.7. The van der Waals surface area contributed by atoms with Crippen molar-refractivity contribution >= 4 is 0 Å². The molecule has 0 heteroatoms. The van der Waals surface area contributed by atoms with Gasteiger partial charge in [-0.25, -0.2) is 0 Å². The molecule has 17 heavy (non-hydrogen) atoms. The van der Waals surface area contributed by atoms with Gasteiger partial charge in [-0.2, -0.15) is 0 Å². The normalized spacial score (nSPS) is 15.8. The van der Waals surface area contributed by atoms with Crippen molar-refractivity contribution in [2.45, 2.75) is 79.6 Å². The first-order chi connectivity index (χ1) is 8.10. The van der Waals surface area contributed by atoms with Gasteiger partial charge >= 0.3 is 0 Å². The first-order valence-electron chi connectivity index (χ1n) is 7.58. The standard InChI is InChI=1S/C17H32/c1-6-8-11-16(4)14-17(5)13-9-12-15(3)10-7-2/h15-17H,6-8,10-11,13-14H2,1-5H3. The molecular formula is C17H32. The van der Waals surface area contributed by atoms with E-state index in [0.717, 1.165) is 18.3 Å². The molecule has 0 aromatic heterocycles. The van der Waals surface area contributed by atoms with Crippen molar-refractivity contribution in [3.8, 4) is 11.8 Å². The Bertz CT molecular complexity index is 218. The summed E-state index contributed by atoms with van der Waals surface area (Å²) in [4.78, 5) is 0. The van der Waals surface area contributed by atoms with Crippen molar-refractivity contribution in [1.29, 1.82) is 0 Å². The topological polar surface area (TPSA) is 0 Å². The van der Waals surface area contributed by atoms with Crippen molar-refractivity contribution in [2.24, 2.45) is 17.8 Å². The molecule has 0 saturated heterocycles. The summed E-state index contributed by atoms with van der Waals surface area (Å²) in [6.07, 6.45) is 9.02. The van der Waals surface area contributed by atoms with Crippen LogP contribution < -0.4 is 0 Å². The van der Waals surface area contributed by atoms with E-state index in [2.05, 4.69) is 46.5 Å². The van der Waals surface area contributed by atoms with Crippen LogP contribution in [0.15, 0.2) is 0 Å². The van der Waals surface area contributed by atoms with Crippen LogP contribution in [0.3, 0.4) is 0 Å². The van der Waals surface area contributed by atoms with Crippen LogP contribution in [0.1, 0.15) is 79.6 Å². The fourth-order valence-corrected chi connectivity index (χ4v) is 2.35. The quantitative estimate of drug-likeness (QED) is 0.476. The van der Waals surface area contributed by atoms with Crippen LogP contribution in [-0.2, 0) is 0 Å². The Balaban J connectivity index is 3.74. The van der Waals surface area contributed by atoms with Gasteiger partial charge in [-0.15, -0.1) is 11.8 Å². The molecule has 0 nitrogen and oxygen atoms in total. The third-order valence-corrected chi connectivity index (χ3v) is 3.38. The SMILES string of the molecule is CCCCC(C)CC(C)CC#CC(C)CCC. The van der Waals surface area contributed by atoms with Crippen molar-refractivity contribution < 1.29 is 0 Å². The number of hydrogen-bond donors (Lipinski definition) is 0. The predicted molar refractivity (Wildman–Crippen MR) is 78.9 cm³/mol. The summed E-state index contributed by atoms with van der Waals surface area (Å²) < 4.78 is 0. The number of rotatable bonds is 8. The zero-order chi connectivity index (χ0) is 13.1. The fourth-order valence-electron chi connectivity index (χ4n) is 2.35. The summed E-state index contributed by atoms with van der Waals surface area (Å²) in [5.41, 5.74) is 0. The molecule has 0 radical (unpaired) electrons. The summed E-state index contributed by atoms with van der Waals surface area (Å²) in [7, 11) is 0. The summed E-state index contributed by atoms with van der Waals surface area (Å²) in [6.45, 7) is 11.5. The molecule has 3 atom stereocenters. The van der Waals surface area contributed by atoms with Crippen LogP contribution in [0.25, 0.3) is 0 Å². The molecule has 0 aliphatic heterocycles. The van der Waals surface area contributed by atoms with Crippen LogP contribution in [0.5, 0.6) is 0 Å². The van der Waals surface area contributed by atoms with Crippen LogP contribution in [-0.4, -0.2) is 0 Å². The zero-order valence-corrected chi connectivity index (χ0v) is 12.7. The minimum absolute atomic E-state index is 0.588. The predicted octanol–water partition coefficient (Wildman–Crippen LogP) is 5.67. The van der Waals surface area contributed by atoms with Crippen LogP contribution in [0, 0.1) is 29.6 Å². The lowest BCUT2D eigenvalue weighted by Gasteiger charge is -2.14. The van der Waals surface area contributed by atoms with Crippen molar-refractivity contribution in [3.05, 3.63) is 0 Å². The van der Waals surface area contributed by atoms with Crippen molar-refractivity contribution in [3.63, 3.8) is 0 Å². The van der Waals surface area contributed by atoms with E-state index in [-0.39, 0.29) is 0 Å². The first kappa shape index (κ1) is 16.6. The van der Waals surface area contributed by atoms with Gasteiger partial charge in [-0.05, 0) is 24.7 Å². The number of unbranched alkanes of at least 4 members (excludes halogenated alkanes) is 1. The lowest BCUT2D eigenvalue weighted by molar-refractivity contribution is 0.390. The van der Waals surface area contributed by atoms with E-state index in [0.29, 0.717) is 5.92 Å². The monoisotopic (exact) mass is 236 g/mol. The van der Waals surface area contributed by atoms with Gasteiger partial charge in [0, 0.05) is 12.3 Å². The van der Waals surface area contributed by atoms with E-state index in [1.807, 2.05) is 0 Å². The second-order valence-electron chi connectivity index (χ2n) is 5.80. The second-order valence-corrected chi connectivity index (χ2v) is 5.80. The van der Waals surface area contributed by atoms with Crippen LogP contribution in [0.4, 0.5) is 0 Å². The Hall–Kier alpha value is -0.440. The maximum Gasteiger partial charge on any atom is 0.0174 e. The van der Waals surface area contributed by atoms with E-state index >= 15 is 0 Å². The molecule has 0 saturated carbocycles. The van der Waals surface area contributed by atoms with Crippen LogP contribution >= 0.6 is 0 Å². The molecule has 0 spiro atoms. The van der Waals surface area contributed by atoms with Gasteiger partial charge in [0.1, 0.15) is 0 Å². The van der Waals surface area contributed by atoms with Gasteiger partial charge in [0.15, 0.2) is 0 Å². The minimum atomic E-state index is 0.588. The first-order valence-corrected chi connectivity index (χ1v) is 7.58. The largest absolute Gasteiger partial charge is 0.103 e. The molecule has 0 N–H and O–H groups in total. The lowest BCUT2D eigenvalue weighted by Crippen LogP contribution is -2.02. The molecule has 0 aromatic rings. The average Bonchev–Trinajstić information content (AvgIpc) is 2.26. The third-order valence-electron chi connectivity index (χ3n) is 3.38. The fraction of sp³-hybridized carbons (Fsp3) is 0.882. The molecule has 0 aliphatic carbocycles. The molecule has 100 valence electrons. The smallest absolute Gasteiger partial charge is 0.0174 e. The molecular weight excluding hydrogens is 204 g/mol. The summed E-state index contributed by atoms with van der Waals surface area (Å²) in [5.74, 6) is 8.99. The Morgan fingerprint density at radius 2 is 1.59 bits per heavy atom. The van der Waals surface area contributed by atoms with Gasteiger partial charge in [0.25, 0.3) is 0 Å². The highest BCUT2D eigenvalue weighted by molar-refractivity contribution is 5.03. The highest BCUT2D eigenvalue weighted by atomic mass is 14.1. The highest BCUT2D eigenvalue weighted by Gasteiger charge is 2.07. The minimum Gasteiger partial charge on any atom is -0.103 e. The van der Waals surface area contributed by atoms with Gasteiger partial charge in [-0.1, -0.05) is 60.3 Å². The molecule has 0 heterocycles. The second kappa shape index (κ2) is 10.7. The Morgan fingerprint density at radius 3 is 2.18 bits per heavy atom. The highest BCUT2D eigenvalue weighted by Crippen LogP contribution is 2.19. The van der Waals surface area contributed by atoms with E-state index < -0.39 is 0 Å². The van der Waals surface area contributed by atoms with Gasteiger partial charge in [0.2, 0.25) is 0 Å². The summed E-state index contributed by atoms with van der Waals surface area (Å²) >= 11 is 0. The van der Waals surface area contributed by atoms with E-state index in [1.54, 1.807) is 0 Å².